The molecule has 190 valence electrons. The number of carbonyl (C=O) groups excluding carboxylic acids is 1. The number of anilines is 2. The van der Waals surface area contributed by atoms with Crippen LogP contribution in [0.5, 0.6) is 0 Å². The van der Waals surface area contributed by atoms with Gasteiger partial charge >= 0.3 is 6.18 Å². The summed E-state index contributed by atoms with van der Waals surface area (Å²) in [7, 11) is 1.43. The van der Waals surface area contributed by atoms with Gasteiger partial charge in [-0.05, 0) is 24.6 Å². The summed E-state index contributed by atoms with van der Waals surface area (Å²) < 4.78 is 70.2. The molecule has 1 unspecified atom stereocenters. The Bertz CT molecular complexity index is 1140. The Balaban J connectivity index is 1.86. The molecule has 0 radical (unpaired) electrons. The van der Waals surface area contributed by atoms with Gasteiger partial charge in [0.15, 0.2) is 0 Å². The minimum absolute atomic E-state index is 0.00179. The van der Waals surface area contributed by atoms with Crippen LogP contribution in [0.25, 0.3) is 11.3 Å². The molecule has 4 rings (SSSR count). The zero-order chi connectivity index (χ0) is 25.8. The molecule has 2 aliphatic heterocycles. The van der Waals surface area contributed by atoms with Crippen molar-refractivity contribution < 1.29 is 26.7 Å². The monoisotopic (exact) mass is 533 g/mol. The highest BCUT2D eigenvalue weighted by atomic mass is 32.1. The third-order valence-corrected chi connectivity index (χ3v) is 7.75. The molecule has 13 heteroatoms. The average molecular weight is 534 g/mol. The maximum atomic E-state index is 14.4. The van der Waals surface area contributed by atoms with E-state index in [9.17, 15) is 26.7 Å². The van der Waals surface area contributed by atoms with Crippen LogP contribution in [0.15, 0.2) is 24.4 Å². The van der Waals surface area contributed by atoms with E-state index >= 15 is 0 Å². The number of hydrogen-bond donors (Lipinski definition) is 3. The second kappa shape index (κ2) is 9.12. The highest BCUT2D eigenvalue weighted by Gasteiger charge is 2.47. The van der Waals surface area contributed by atoms with Crippen molar-refractivity contribution in [2.24, 2.45) is 0 Å². The molecule has 2 aromatic rings. The van der Waals surface area contributed by atoms with Crippen molar-refractivity contribution in [2.45, 2.75) is 48.8 Å². The quantitative estimate of drug-likeness (QED) is 0.299. The van der Waals surface area contributed by atoms with Gasteiger partial charge in [0, 0.05) is 54.7 Å². The summed E-state index contributed by atoms with van der Waals surface area (Å²) in [4.78, 5) is 21.9. The molecule has 2 fully saturated rings. The number of aromatic nitrogens is 2. The Morgan fingerprint density at radius 1 is 1.34 bits per heavy atom. The number of carbonyl (C=O) groups is 1. The molecule has 6 nitrogen and oxygen atoms in total. The SMILES string of the molecule is CC(=O)Nc1nccc(-c2cc(C(F)(F)F)cc(N3CC[C@]4(S)CN[C@@H]4C3)n2)c1[C@@H](C)C(F)(F)P. The maximum Gasteiger partial charge on any atom is 0.416 e. The molecule has 35 heavy (non-hydrogen) atoms. The van der Waals surface area contributed by atoms with Crippen molar-refractivity contribution in [1.82, 2.24) is 15.3 Å². The van der Waals surface area contributed by atoms with Crippen molar-refractivity contribution in [3.8, 4) is 11.3 Å². The van der Waals surface area contributed by atoms with Crippen molar-refractivity contribution in [1.29, 1.82) is 0 Å². The first-order valence-electron chi connectivity index (χ1n) is 10.9. The van der Waals surface area contributed by atoms with E-state index in [-0.39, 0.29) is 39.2 Å². The number of halogens is 5. The number of pyridine rings is 2. The lowest BCUT2D eigenvalue weighted by molar-refractivity contribution is -0.137. The molecule has 0 aliphatic carbocycles. The fourth-order valence-corrected chi connectivity index (χ4v) is 4.93. The lowest BCUT2D eigenvalue weighted by atomic mass is 9.83. The Morgan fingerprint density at radius 2 is 2.06 bits per heavy atom. The lowest BCUT2D eigenvalue weighted by Crippen LogP contribution is -2.71. The van der Waals surface area contributed by atoms with Gasteiger partial charge in [0.05, 0.1) is 17.2 Å². The highest BCUT2D eigenvalue weighted by Crippen LogP contribution is 2.45. The van der Waals surface area contributed by atoms with Gasteiger partial charge < -0.3 is 15.5 Å². The zero-order valence-electron chi connectivity index (χ0n) is 19.0. The second-order valence-corrected chi connectivity index (χ2v) is 10.7. The fourth-order valence-electron chi connectivity index (χ4n) is 4.40. The Kier molecular flexibility index (Phi) is 6.78. The Hall–Kier alpha value is -2.04. The predicted molar refractivity (Wildman–Crippen MR) is 130 cm³/mol. The number of rotatable bonds is 5. The summed E-state index contributed by atoms with van der Waals surface area (Å²) in [5, 5.41) is 5.65. The molecule has 0 bridgehead atoms. The molecule has 2 aliphatic rings. The molecule has 4 heterocycles. The first-order chi connectivity index (χ1) is 16.2. The Labute approximate surface area is 207 Å². The Morgan fingerprint density at radius 3 is 2.60 bits per heavy atom. The normalized spacial score (nSPS) is 23.3. The minimum atomic E-state index is -4.69. The van der Waals surface area contributed by atoms with Crippen molar-refractivity contribution in [2.75, 3.05) is 29.9 Å². The van der Waals surface area contributed by atoms with Crippen LogP contribution in [-0.2, 0) is 11.0 Å². The maximum absolute atomic E-state index is 14.4. The van der Waals surface area contributed by atoms with E-state index in [0.717, 1.165) is 18.7 Å². The first-order valence-corrected chi connectivity index (χ1v) is 11.9. The van der Waals surface area contributed by atoms with E-state index in [1.807, 2.05) is 0 Å². The van der Waals surface area contributed by atoms with Gasteiger partial charge in [0.25, 0.3) is 5.66 Å². The number of nitrogens with zero attached hydrogens (tertiary/aromatic N) is 3. The third kappa shape index (κ3) is 5.24. The molecular formula is C22H25F5N5OPS. The molecule has 2 aromatic heterocycles. The second-order valence-electron chi connectivity index (χ2n) is 9.03. The number of thiol groups is 1. The topological polar surface area (TPSA) is 70.2 Å². The smallest absolute Gasteiger partial charge is 0.355 e. The van der Waals surface area contributed by atoms with E-state index in [0.29, 0.717) is 19.5 Å². The molecule has 0 aromatic carbocycles. The van der Waals surface area contributed by atoms with Gasteiger partial charge in [-0.25, -0.2) is 18.7 Å². The summed E-state index contributed by atoms with van der Waals surface area (Å²) in [6.07, 6.45) is -2.79. The van der Waals surface area contributed by atoms with Crippen molar-refractivity contribution >= 4 is 39.4 Å². The van der Waals surface area contributed by atoms with E-state index < -0.39 is 29.2 Å². The van der Waals surface area contributed by atoms with Gasteiger partial charge in [-0.15, -0.1) is 0 Å². The van der Waals surface area contributed by atoms with Crippen LogP contribution in [0, 0.1) is 0 Å². The number of fused-ring (bicyclic) bond motifs is 1. The molecule has 0 saturated carbocycles. The zero-order valence-corrected chi connectivity index (χ0v) is 21.0. The van der Waals surface area contributed by atoms with Gasteiger partial charge in [-0.1, -0.05) is 16.2 Å². The van der Waals surface area contributed by atoms with Gasteiger partial charge in [-0.2, -0.15) is 25.8 Å². The minimum Gasteiger partial charge on any atom is -0.355 e. The van der Waals surface area contributed by atoms with Crippen LogP contribution >= 0.6 is 21.9 Å². The van der Waals surface area contributed by atoms with E-state index in [2.05, 4.69) is 20.6 Å². The van der Waals surface area contributed by atoms with Crippen LogP contribution in [0.3, 0.4) is 0 Å². The van der Waals surface area contributed by atoms with Crippen molar-refractivity contribution in [3.05, 3.63) is 35.5 Å². The molecular weight excluding hydrogens is 508 g/mol. The van der Waals surface area contributed by atoms with Crippen LogP contribution in [-0.4, -0.2) is 52.0 Å². The highest BCUT2D eigenvalue weighted by molar-refractivity contribution is 7.82. The fraction of sp³-hybridized carbons (Fsp3) is 0.500. The van der Waals surface area contributed by atoms with Gasteiger partial charge in [0.1, 0.15) is 11.6 Å². The average Bonchev–Trinajstić information content (AvgIpc) is 2.74. The van der Waals surface area contributed by atoms with E-state index in [1.165, 1.54) is 35.4 Å². The summed E-state index contributed by atoms with van der Waals surface area (Å²) >= 11 is 4.69. The molecule has 0 spiro atoms. The number of nitrogens with one attached hydrogen (secondary N) is 2. The molecule has 2 saturated heterocycles. The standard InChI is InChI=1S/C22H25F5N5OPS/c1-11(22(26,27)34)18-14(3-5-28-19(18)30-12(2)33)15-7-13(21(23,24)25)8-17(31-15)32-6-4-20(35)10-29-16(20)9-32/h3,5,7-8,11,16,29,35H,4,6,9-10,34H2,1-2H3,(H,28,30,33)/t11-,16-,20+/m1/s1. The van der Waals surface area contributed by atoms with Crippen molar-refractivity contribution in [3.63, 3.8) is 0 Å². The summed E-state index contributed by atoms with van der Waals surface area (Å²) in [5.41, 5.74) is -4.48. The van der Waals surface area contributed by atoms with E-state index in [4.69, 9.17) is 12.6 Å². The van der Waals surface area contributed by atoms with Gasteiger partial charge in [-0.3, -0.25) is 4.79 Å². The number of piperidine rings is 1. The molecule has 2 N–H and O–H groups in total. The molecule has 4 atom stereocenters. The van der Waals surface area contributed by atoms with Crippen LogP contribution < -0.4 is 15.5 Å². The van der Waals surface area contributed by atoms with Crippen LogP contribution in [0.2, 0.25) is 0 Å². The summed E-state index contributed by atoms with van der Waals surface area (Å²) in [5.74, 6) is -2.11. The summed E-state index contributed by atoms with van der Waals surface area (Å²) in [6.45, 7) is 4.00. The molecule has 1 amide bonds. The number of hydrogen-bond acceptors (Lipinski definition) is 6. The van der Waals surface area contributed by atoms with Crippen LogP contribution in [0.4, 0.5) is 33.6 Å². The third-order valence-electron chi connectivity index (χ3n) is 6.55. The van der Waals surface area contributed by atoms with Crippen LogP contribution in [0.1, 0.15) is 37.3 Å². The first kappa shape index (κ1) is 26.0. The largest absolute Gasteiger partial charge is 0.416 e. The van der Waals surface area contributed by atoms with E-state index in [1.54, 1.807) is 4.90 Å². The predicted octanol–water partition coefficient (Wildman–Crippen LogP) is 4.54. The number of amides is 1. The van der Waals surface area contributed by atoms with Gasteiger partial charge in [0.2, 0.25) is 5.91 Å². The lowest BCUT2D eigenvalue weighted by Gasteiger charge is -2.53. The summed E-state index contributed by atoms with van der Waals surface area (Å²) in [6, 6.07) is 3.14. The number of alkyl halides is 5.